The molecule has 1 aromatic rings. The Morgan fingerprint density at radius 3 is 2.41 bits per heavy atom. The molecule has 0 spiro atoms. The summed E-state index contributed by atoms with van der Waals surface area (Å²) in [7, 11) is 0. The highest BCUT2D eigenvalue weighted by Gasteiger charge is 2.41. The molecule has 0 saturated carbocycles. The predicted octanol–water partition coefficient (Wildman–Crippen LogP) is 4.03. The van der Waals surface area contributed by atoms with E-state index < -0.39 is 12.0 Å². The van der Waals surface area contributed by atoms with E-state index in [0.29, 0.717) is 16.9 Å². The second kappa shape index (κ2) is 4.98. The van der Waals surface area contributed by atoms with Crippen molar-refractivity contribution in [3.05, 3.63) is 59.9 Å². The molecule has 0 aromatic heterocycles. The van der Waals surface area contributed by atoms with Crippen LogP contribution in [-0.4, -0.2) is 21.7 Å². The number of carbonyl (C=O) groups is 1. The Hall–Kier alpha value is -2.63. The van der Waals surface area contributed by atoms with Gasteiger partial charge in [0, 0.05) is 22.4 Å². The van der Waals surface area contributed by atoms with Gasteiger partial charge in [-0.2, -0.15) is 18.3 Å². The van der Waals surface area contributed by atoms with Crippen LogP contribution in [0.4, 0.5) is 13.2 Å². The van der Waals surface area contributed by atoms with E-state index in [2.05, 4.69) is 5.10 Å². The van der Waals surface area contributed by atoms with Gasteiger partial charge >= 0.3 is 6.18 Å². The molecular formula is C16H11F3N2O. The molecule has 0 unspecified atom stereocenters. The summed E-state index contributed by atoms with van der Waals surface area (Å²) in [5.41, 5.74) is 1.65. The summed E-state index contributed by atoms with van der Waals surface area (Å²) >= 11 is 0. The Morgan fingerprint density at radius 1 is 1.09 bits per heavy atom. The van der Waals surface area contributed by atoms with Gasteiger partial charge in [-0.15, -0.1) is 0 Å². The highest BCUT2D eigenvalue weighted by Crippen LogP contribution is 2.35. The highest BCUT2D eigenvalue weighted by atomic mass is 19.4. The Balaban J connectivity index is 2.22. The molecule has 1 heterocycles. The maximum Gasteiger partial charge on any atom is 0.454 e. The number of nitrogens with zero attached hydrogens (tertiary/aromatic N) is 2. The first-order valence-corrected chi connectivity index (χ1v) is 6.54. The number of para-hydroxylation sites is 1. The lowest BCUT2D eigenvalue weighted by Gasteiger charge is -2.15. The molecule has 0 radical (unpaired) electrons. The van der Waals surface area contributed by atoms with Crippen LogP contribution in [0, 0.1) is 6.92 Å². The van der Waals surface area contributed by atoms with Crippen LogP contribution in [0.15, 0.2) is 48.7 Å². The third kappa shape index (κ3) is 2.26. The van der Waals surface area contributed by atoms with Crippen LogP contribution in [0.5, 0.6) is 0 Å². The van der Waals surface area contributed by atoms with Crippen LogP contribution >= 0.6 is 0 Å². The molecule has 2 aliphatic rings. The van der Waals surface area contributed by atoms with Gasteiger partial charge in [0.15, 0.2) is 0 Å². The number of hydrogen-bond donors (Lipinski definition) is 0. The van der Waals surface area contributed by atoms with E-state index in [-0.39, 0.29) is 11.1 Å². The number of hydrogen-bond acceptors (Lipinski definition) is 2. The van der Waals surface area contributed by atoms with E-state index in [1.54, 1.807) is 31.2 Å². The fourth-order valence-electron chi connectivity index (χ4n) is 2.49. The Labute approximate surface area is 124 Å². The number of Topliss-reactive ketones (excluding diaryl/α,β-unsaturated/α-hetero) is 1. The van der Waals surface area contributed by atoms with Gasteiger partial charge in [0.2, 0.25) is 0 Å². The molecule has 0 N–H and O–H groups in total. The molecule has 1 aliphatic carbocycles. The van der Waals surface area contributed by atoms with Crippen molar-refractivity contribution < 1.29 is 18.0 Å². The number of alkyl halides is 3. The molecule has 1 aliphatic heterocycles. The zero-order valence-electron chi connectivity index (χ0n) is 11.6. The van der Waals surface area contributed by atoms with E-state index in [1.807, 2.05) is 6.07 Å². The third-order valence-corrected chi connectivity index (χ3v) is 3.48. The van der Waals surface area contributed by atoms with E-state index in [4.69, 9.17) is 0 Å². The van der Waals surface area contributed by atoms with Crippen LogP contribution in [0.3, 0.4) is 0 Å². The lowest BCUT2D eigenvalue weighted by molar-refractivity contribution is -0.0884. The minimum absolute atomic E-state index is 0.279. The molecule has 112 valence electrons. The largest absolute Gasteiger partial charge is 0.454 e. The maximum absolute atomic E-state index is 12.7. The van der Waals surface area contributed by atoms with Crippen LogP contribution in [0.1, 0.15) is 16.1 Å². The van der Waals surface area contributed by atoms with Crippen molar-refractivity contribution in [2.24, 2.45) is 0 Å². The lowest BCUT2D eigenvalue weighted by Crippen LogP contribution is -2.23. The summed E-state index contributed by atoms with van der Waals surface area (Å²) in [6, 6.07) is 11.7. The normalized spacial score (nSPS) is 11.8. The van der Waals surface area contributed by atoms with E-state index in [0.717, 1.165) is 0 Å². The molecule has 1 aromatic carbocycles. The van der Waals surface area contributed by atoms with Crippen molar-refractivity contribution in [3.8, 4) is 16.8 Å². The molecule has 22 heavy (non-hydrogen) atoms. The number of benzene rings is 1. The van der Waals surface area contributed by atoms with Crippen molar-refractivity contribution in [3.63, 3.8) is 0 Å². The molecular weight excluding hydrogens is 293 g/mol. The van der Waals surface area contributed by atoms with Gasteiger partial charge in [0.1, 0.15) is 0 Å². The molecule has 6 heteroatoms. The molecule has 0 amide bonds. The first-order valence-electron chi connectivity index (χ1n) is 6.54. The number of halogens is 3. The summed E-state index contributed by atoms with van der Waals surface area (Å²) < 4.78 is 39.7. The summed E-state index contributed by atoms with van der Waals surface area (Å²) in [4.78, 5) is 11.6. The summed E-state index contributed by atoms with van der Waals surface area (Å²) in [6.07, 6.45) is -3.43. The number of aromatic nitrogens is 2. The molecule has 0 bridgehead atoms. The average Bonchev–Trinajstić information content (AvgIpc) is 2.91. The third-order valence-electron chi connectivity index (χ3n) is 3.48. The molecule has 0 atom stereocenters. The van der Waals surface area contributed by atoms with Crippen LogP contribution in [0.2, 0.25) is 0 Å². The average molecular weight is 304 g/mol. The monoisotopic (exact) mass is 304 g/mol. The Bertz CT molecular complexity index is 806. The zero-order valence-corrected chi connectivity index (χ0v) is 11.6. The highest BCUT2D eigenvalue weighted by molar-refractivity contribution is 6.07. The number of fused-ring (bicyclic) bond motifs is 1. The van der Waals surface area contributed by atoms with Crippen molar-refractivity contribution in [1.29, 1.82) is 0 Å². The molecule has 3 rings (SSSR count). The van der Waals surface area contributed by atoms with E-state index in [1.165, 1.54) is 23.0 Å². The summed E-state index contributed by atoms with van der Waals surface area (Å²) in [5, 5.41) is 4.24. The van der Waals surface area contributed by atoms with Crippen molar-refractivity contribution >= 4 is 5.78 Å². The molecule has 3 nitrogen and oxygen atoms in total. The van der Waals surface area contributed by atoms with Crippen molar-refractivity contribution in [2.45, 2.75) is 13.1 Å². The second-order valence-corrected chi connectivity index (χ2v) is 4.88. The minimum atomic E-state index is -4.89. The summed E-state index contributed by atoms with van der Waals surface area (Å²) in [5.74, 6) is -1.84. The van der Waals surface area contributed by atoms with E-state index in [9.17, 15) is 18.0 Å². The van der Waals surface area contributed by atoms with E-state index >= 15 is 0 Å². The smallest absolute Gasteiger partial charge is 0.284 e. The van der Waals surface area contributed by atoms with Gasteiger partial charge in [-0.3, -0.25) is 4.79 Å². The van der Waals surface area contributed by atoms with Crippen molar-refractivity contribution in [2.75, 3.05) is 0 Å². The SMILES string of the molecule is Cc1c2c(C(=O)C(F)(F)F)ccc-2cnn1-c1ccccc1. The molecule has 0 saturated heterocycles. The fraction of sp³-hybridized carbons (Fsp3) is 0.125. The van der Waals surface area contributed by atoms with Crippen LogP contribution in [0.25, 0.3) is 16.8 Å². The first-order chi connectivity index (χ1) is 10.4. The first kappa shape index (κ1) is 14.3. The number of ketones is 1. The van der Waals surface area contributed by atoms with Gasteiger partial charge in [0.25, 0.3) is 5.78 Å². The van der Waals surface area contributed by atoms with Crippen LogP contribution in [-0.2, 0) is 0 Å². The summed E-state index contributed by atoms with van der Waals surface area (Å²) in [6.45, 7) is 1.65. The Kier molecular flexibility index (Phi) is 3.24. The fourth-order valence-corrected chi connectivity index (χ4v) is 2.49. The minimum Gasteiger partial charge on any atom is -0.284 e. The lowest BCUT2D eigenvalue weighted by atomic mass is 10.0. The van der Waals surface area contributed by atoms with Gasteiger partial charge in [-0.05, 0) is 25.1 Å². The van der Waals surface area contributed by atoms with Crippen LogP contribution < -0.4 is 0 Å². The number of carbonyl (C=O) groups excluding carboxylic acids is 1. The maximum atomic E-state index is 12.7. The topological polar surface area (TPSA) is 34.9 Å². The van der Waals surface area contributed by atoms with Crippen molar-refractivity contribution in [1.82, 2.24) is 9.78 Å². The zero-order chi connectivity index (χ0) is 15.9. The number of rotatable bonds is 2. The van der Waals surface area contributed by atoms with Gasteiger partial charge in [-0.1, -0.05) is 24.3 Å². The standard InChI is InChI=1S/C16H11F3N2O/c1-10-14-11(7-8-13(14)15(22)16(17,18)19)9-20-21(10)12-5-3-2-4-6-12/h2-9H,1H3. The predicted molar refractivity (Wildman–Crippen MR) is 75.3 cm³/mol. The quantitative estimate of drug-likeness (QED) is 0.670. The van der Waals surface area contributed by atoms with Gasteiger partial charge in [-0.25, -0.2) is 4.68 Å². The van der Waals surface area contributed by atoms with Gasteiger partial charge in [0.05, 0.1) is 11.9 Å². The Morgan fingerprint density at radius 2 is 1.77 bits per heavy atom. The molecule has 0 fully saturated rings. The van der Waals surface area contributed by atoms with Gasteiger partial charge < -0.3 is 0 Å². The second-order valence-electron chi connectivity index (χ2n) is 4.88.